The van der Waals surface area contributed by atoms with Gasteiger partial charge in [-0.15, -0.1) is 11.3 Å². The van der Waals surface area contributed by atoms with Gasteiger partial charge in [0, 0.05) is 37.1 Å². The van der Waals surface area contributed by atoms with Crippen LogP contribution in [-0.2, 0) is 0 Å². The van der Waals surface area contributed by atoms with E-state index < -0.39 is 0 Å². The Kier molecular flexibility index (Phi) is 4.11. The Morgan fingerprint density at radius 1 is 1.00 bits per heavy atom. The Balaban J connectivity index is 1.76. The molecule has 0 unspecified atom stereocenters. The van der Waals surface area contributed by atoms with Crippen LogP contribution in [0.2, 0.25) is 0 Å². The Bertz CT molecular complexity index is 708. The van der Waals surface area contributed by atoms with E-state index >= 15 is 0 Å². The second-order valence-corrected chi connectivity index (χ2v) is 7.45. The SMILES string of the molecule is CN1CCN(c2nc(-c3ccsc3)cc(-c3cccs3)n2)CC1. The van der Waals surface area contributed by atoms with Crippen LogP contribution >= 0.6 is 22.7 Å². The maximum atomic E-state index is 4.84. The van der Waals surface area contributed by atoms with Crippen LogP contribution in [0.4, 0.5) is 5.95 Å². The molecule has 4 rings (SSSR count). The summed E-state index contributed by atoms with van der Waals surface area (Å²) in [5.41, 5.74) is 3.20. The summed E-state index contributed by atoms with van der Waals surface area (Å²) >= 11 is 3.42. The highest BCUT2D eigenvalue weighted by molar-refractivity contribution is 7.13. The number of likely N-dealkylation sites (N-methyl/N-ethyl adjacent to an activating group) is 1. The summed E-state index contributed by atoms with van der Waals surface area (Å²) in [7, 11) is 2.16. The van der Waals surface area contributed by atoms with Crippen LogP contribution in [0.1, 0.15) is 0 Å². The topological polar surface area (TPSA) is 32.3 Å². The van der Waals surface area contributed by atoms with Gasteiger partial charge >= 0.3 is 0 Å². The smallest absolute Gasteiger partial charge is 0.226 e. The third-order valence-electron chi connectivity index (χ3n) is 4.09. The molecule has 6 heteroatoms. The summed E-state index contributed by atoms with van der Waals surface area (Å²) in [6.07, 6.45) is 0. The number of thiophene rings is 2. The number of nitrogens with zero attached hydrogens (tertiary/aromatic N) is 4. The number of hydrogen-bond acceptors (Lipinski definition) is 6. The Morgan fingerprint density at radius 2 is 1.83 bits per heavy atom. The zero-order valence-corrected chi connectivity index (χ0v) is 14.6. The van der Waals surface area contributed by atoms with E-state index in [1.807, 2.05) is 0 Å². The molecule has 4 heterocycles. The molecular weight excluding hydrogens is 324 g/mol. The average molecular weight is 342 g/mol. The van der Waals surface area contributed by atoms with Gasteiger partial charge in [0.2, 0.25) is 5.95 Å². The maximum Gasteiger partial charge on any atom is 0.226 e. The molecule has 1 aliphatic heterocycles. The fourth-order valence-electron chi connectivity index (χ4n) is 2.69. The monoisotopic (exact) mass is 342 g/mol. The summed E-state index contributed by atoms with van der Waals surface area (Å²) in [5.74, 6) is 0.852. The van der Waals surface area contributed by atoms with Crippen molar-refractivity contribution in [3.8, 4) is 21.8 Å². The zero-order valence-electron chi connectivity index (χ0n) is 13.0. The number of hydrogen-bond donors (Lipinski definition) is 0. The first-order chi connectivity index (χ1) is 11.3. The molecule has 0 spiro atoms. The molecule has 1 saturated heterocycles. The van der Waals surface area contributed by atoms with Crippen molar-refractivity contribution in [1.29, 1.82) is 0 Å². The van der Waals surface area contributed by atoms with E-state index in [-0.39, 0.29) is 0 Å². The highest BCUT2D eigenvalue weighted by Crippen LogP contribution is 2.30. The number of aromatic nitrogens is 2. The van der Waals surface area contributed by atoms with Gasteiger partial charge in [-0.3, -0.25) is 0 Å². The lowest BCUT2D eigenvalue weighted by Crippen LogP contribution is -2.45. The highest BCUT2D eigenvalue weighted by atomic mass is 32.1. The van der Waals surface area contributed by atoms with E-state index in [1.54, 1.807) is 22.7 Å². The summed E-state index contributed by atoms with van der Waals surface area (Å²) < 4.78 is 0. The molecule has 0 radical (unpaired) electrons. The van der Waals surface area contributed by atoms with E-state index in [4.69, 9.17) is 9.97 Å². The first-order valence-corrected chi connectivity index (χ1v) is 9.51. The fraction of sp³-hybridized carbons (Fsp3) is 0.294. The van der Waals surface area contributed by atoms with Gasteiger partial charge in [-0.25, -0.2) is 9.97 Å². The first kappa shape index (κ1) is 14.8. The van der Waals surface area contributed by atoms with Crippen LogP contribution in [0.5, 0.6) is 0 Å². The van der Waals surface area contributed by atoms with Gasteiger partial charge in [0.25, 0.3) is 0 Å². The largest absolute Gasteiger partial charge is 0.338 e. The second kappa shape index (κ2) is 6.39. The average Bonchev–Trinajstić information content (AvgIpc) is 3.29. The summed E-state index contributed by atoms with van der Waals surface area (Å²) in [4.78, 5) is 15.5. The van der Waals surface area contributed by atoms with Crippen molar-refractivity contribution in [2.24, 2.45) is 0 Å². The standard InChI is InChI=1S/C17H18N4S2/c1-20-5-7-21(8-6-20)17-18-14(13-4-10-22-12-13)11-15(19-17)16-3-2-9-23-16/h2-4,9-12H,5-8H2,1H3. The number of anilines is 1. The van der Waals surface area contributed by atoms with Crippen molar-refractivity contribution >= 4 is 28.6 Å². The van der Waals surface area contributed by atoms with E-state index in [9.17, 15) is 0 Å². The molecule has 3 aromatic heterocycles. The molecule has 0 aliphatic carbocycles. The highest BCUT2D eigenvalue weighted by Gasteiger charge is 2.19. The zero-order chi connectivity index (χ0) is 15.6. The van der Waals surface area contributed by atoms with Crippen LogP contribution in [0.25, 0.3) is 21.8 Å². The lowest BCUT2D eigenvalue weighted by Gasteiger charge is -2.32. The molecule has 0 atom stereocenters. The fourth-order valence-corrected chi connectivity index (χ4v) is 4.03. The van der Waals surface area contributed by atoms with Gasteiger partial charge in [-0.2, -0.15) is 11.3 Å². The molecule has 3 aromatic rings. The minimum atomic E-state index is 0.852. The first-order valence-electron chi connectivity index (χ1n) is 7.68. The molecule has 23 heavy (non-hydrogen) atoms. The molecular formula is C17H18N4S2. The minimum absolute atomic E-state index is 0.852. The van der Waals surface area contributed by atoms with Gasteiger partial charge in [0.05, 0.1) is 16.3 Å². The van der Waals surface area contributed by atoms with Crippen molar-refractivity contribution < 1.29 is 0 Å². The van der Waals surface area contributed by atoms with Crippen molar-refractivity contribution in [2.75, 3.05) is 38.1 Å². The van der Waals surface area contributed by atoms with Crippen LogP contribution < -0.4 is 4.90 Å². The Labute approximate surface area is 144 Å². The van der Waals surface area contributed by atoms with Crippen molar-refractivity contribution in [3.63, 3.8) is 0 Å². The summed E-state index contributed by atoms with van der Waals surface area (Å²) in [6.45, 7) is 4.07. The van der Waals surface area contributed by atoms with Crippen molar-refractivity contribution in [1.82, 2.24) is 14.9 Å². The van der Waals surface area contributed by atoms with Crippen molar-refractivity contribution in [3.05, 3.63) is 40.4 Å². The van der Waals surface area contributed by atoms with Crippen LogP contribution in [0, 0.1) is 0 Å². The molecule has 1 fully saturated rings. The normalized spacial score (nSPS) is 16.0. The predicted octanol–water partition coefficient (Wildman–Crippen LogP) is 3.69. The molecule has 1 aliphatic rings. The second-order valence-electron chi connectivity index (χ2n) is 5.72. The summed E-state index contributed by atoms with van der Waals surface area (Å²) in [6, 6.07) is 8.42. The van der Waals surface area contributed by atoms with Crippen LogP contribution in [0.15, 0.2) is 40.4 Å². The van der Waals surface area contributed by atoms with Gasteiger partial charge in [-0.05, 0) is 36.0 Å². The van der Waals surface area contributed by atoms with E-state index in [0.717, 1.165) is 43.5 Å². The molecule has 0 bridgehead atoms. The third kappa shape index (κ3) is 3.15. The van der Waals surface area contributed by atoms with Gasteiger partial charge < -0.3 is 9.80 Å². The van der Waals surface area contributed by atoms with E-state index in [0.29, 0.717) is 0 Å². The molecule has 4 nitrogen and oxygen atoms in total. The van der Waals surface area contributed by atoms with Gasteiger partial charge in [-0.1, -0.05) is 6.07 Å². The molecule has 0 N–H and O–H groups in total. The number of piperazine rings is 1. The lowest BCUT2D eigenvalue weighted by molar-refractivity contribution is 0.311. The lowest BCUT2D eigenvalue weighted by atomic mass is 10.2. The van der Waals surface area contributed by atoms with E-state index in [1.165, 1.54) is 10.4 Å². The number of rotatable bonds is 3. The minimum Gasteiger partial charge on any atom is -0.338 e. The molecule has 0 amide bonds. The Morgan fingerprint density at radius 3 is 2.52 bits per heavy atom. The van der Waals surface area contributed by atoms with Crippen molar-refractivity contribution in [2.45, 2.75) is 0 Å². The van der Waals surface area contributed by atoms with Gasteiger partial charge in [0.15, 0.2) is 0 Å². The predicted molar refractivity (Wildman–Crippen MR) is 98.4 cm³/mol. The molecule has 0 saturated carbocycles. The maximum absolute atomic E-state index is 4.84. The summed E-state index contributed by atoms with van der Waals surface area (Å²) in [5, 5.41) is 6.34. The van der Waals surface area contributed by atoms with Gasteiger partial charge in [0.1, 0.15) is 0 Å². The quantitative estimate of drug-likeness (QED) is 0.727. The van der Waals surface area contributed by atoms with E-state index in [2.05, 4.69) is 57.3 Å². The molecule has 118 valence electrons. The molecule has 0 aromatic carbocycles. The van der Waals surface area contributed by atoms with Crippen LogP contribution in [0.3, 0.4) is 0 Å². The Hall–Kier alpha value is -1.76. The van der Waals surface area contributed by atoms with Crippen LogP contribution in [-0.4, -0.2) is 48.1 Å². The third-order valence-corrected chi connectivity index (χ3v) is 5.67.